The highest BCUT2D eigenvalue weighted by Crippen LogP contribution is 2.14. The van der Waals surface area contributed by atoms with Crippen LogP contribution in [0.4, 0.5) is 0 Å². The lowest BCUT2D eigenvalue weighted by atomic mass is 10.2. The molecule has 0 aliphatic heterocycles. The summed E-state index contributed by atoms with van der Waals surface area (Å²) in [6.07, 6.45) is -0.473. The maximum Gasteiger partial charge on any atom is 0.262 e. The van der Waals surface area contributed by atoms with Crippen LogP contribution >= 0.6 is 0 Å². The molecule has 1 rings (SSSR count). The Morgan fingerprint density at radius 1 is 1.38 bits per heavy atom. The van der Waals surface area contributed by atoms with Crippen LogP contribution in [0, 0.1) is 0 Å². The summed E-state index contributed by atoms with van der Waals surface area (Å²) in [6.45, 7) is 2.24. The van der Waals surface area contributed by atoms with Crippen LogP contribution in [0.15, 0.2) is 24.3 Å². The maximum atomic E-state index is 11.6. The van der Waals surface area contributed by atoms with Crippen molar-refractivity contribution in [3.8, 4) is 5.75 Å². The first-order valence-electron chi connectivity index (χ1n) is 5.21. The normalized spacial score (nSPS) is 12.0. The molecule has 0 radical (unpaired) electrons. The summed E-state index contributed by atoms with van der Waals surface area (Å²) in [4.78, 5) is 13.1. The van der Waals surface area contributed by atoms with E-state index in [1.807, 2.05) is 24.3 Å². The molecule has 0 bridgehead atoms. The van der Waals surface area contributed by atoms with Crippen LogP contribution in [0.3, 0.4) is 0 Å². The summed E-state index contributed by atoms with van der Waals surface area (Å²) in [6, 6.07) is 7.42. The molecule has 0 heterocycles. The minimum absolute atomic E-state index is 0.0529. The number of nitrogens with two attached hydrogens (primary N) is 1. The Morgan fingerprint density at radius 3 is 2.38 bits per heavy atom. The van der Waals surface area contributed by atoms with Gasteiger partial charge in [-0.25, -0.2) is 0 Å². The van der Waals surface area contributed by atoms with Crippen LogP contribution in [0.25, 0.3) is 0 Å². The fourth-order valence-electron chi connectivity index (χ4n) is 1.32. The van der Waals surface area contributed by atoms with E-state index >= 15 is 0 Å². The van der Waals surface area contributed by atoms with Crippen molar-refractivity contribution in [1.82, 2.24) is 4.90 Å². The molecule has 0 aliphatic carbocycles. The number of rotatable bonds is 4. The molecule has 0 saturated heterocycles. The molecule has 1 amide bonds. The van der Waals surface area contributed by atoms with Gasteiger partial charge in [0.05, 0.1) is 0 Å². The van der Waals surface area contributed by atoms with Crippen LogP contribution < -0.4 is 10.5 Å². The van der Waals surface area contributed by atoms with Gasteiger partial charge in [0.25, 0.3) is 5.91 Å². The van der Waals surface area contributed by atoms with Gasteiger partial charge in [0.15, 0.2) is 6.10 Å². The number of carbonyl (C=O) groups is 1. The molecule has 4 nitrogen and oxygen atoms in total. The fourth-order valence-corrected chi connectivity index (χ4v) is 1.32. The van der Waals surface area contributed by atoms with Crippen molar-refractivity contribution < 1.29 is 9.53 Å². The predicted molar refractivity (Wildman–Crippen MR) is 63.1 cm³/mol. The topological polar surface area (TPSA) is 55.6 Å². The maximum absolute atomic E-state index is 11.6. The lowest BCUT2D eigenvalue weighted by Gasteiger charge is -2.18. The largest absolute Gasteiger partial charge is 0.481 e. The molecule has 1 atom stereocenters. The Balaban J connectivity index is 2.62. The van der Waals surface area contributed by atoms with Gasteiger partial charge in [-0.2, -0.15) is 0 Å². The Morgan fingerprint density at radius 2 is 1.94 bits per heavy atom. The molecule has 1 aromatic rings. The Hall–Kier alpha value is -1.55. The van der Waals surface area contributed by atoms with Crippen molar-refractivity contribution in [3.63, 3.8) is 0 Å². The molecular formula is C12H18N2O2. The smallest absolute Gasteiger partial charge is 0.262 e. The Kier molecular flexibility index (Phi) is 4.31. The predicted octanol–water partition coefficient (Wildman–Crippen LogP) is 1.00. The molecule has 0 aliphatic rings. The first kappa shape index (κ1) is 12.5. The fraction of sp³-hybridized carbons (Fsp3) is 0.417. The van der Waals surface area contributed by atoms with E-state index in [0.717, 1.165) is 5.56 Å². The van der Waals surface area contributed by atoms with Crippen LogP contribution in [0.1, 0.15) is 12.5 Å². The highest BCUT2D eigenvalue weighted by Gasteiger charge is 2.16. The number of benzene rings is 1. The molecule has 1 aromatic carbocycles. The van der Waals surface area contributed by atoms with Crippen molar-refractivity contribution >= 4 is 5.91 Å². The second-order valence-electron chi connectivity index (χ2n) is 3.84. The average molecular weight is 222 g/mol. The Labute approximate surface area is 96.0 Å². The third-order valence-electron chi connectivity index (χ3n) is 2.26. The lowest BCUT2D eigenvalue weighted by molar-refractivity contribution is -0.135. The van der Waals surface area contributed by atoms with E-state index in [-0.39, 0.29) is 5.91 Å². The molecule has 88 valence electrons. The molecule has 4 heteroatoms. The zero-order chi connectivity index (χ0) is 12.1. The summed E-state index contributed by atoms with van der Waals surface area (Å²) < 4.78 is 5.50. The SMILES string of the molecule is CC(Oc1ccc(CN)cc1)C(=O)N(C)C. The van der Waals surface area contributed by atoms with Crippen molar-refractivity contribution in [2.45, 2.75) is 19.6 Å². The zero-order valence-corrected chi connectivity index (χ0v) is 9.93. The second kappa shape index (κ2) is 5.51. The standard InChI is InChI=1S/C12H18N2O2/c1-9(12(15)14(2)3)16-11-6-4-10(8-13)5-7-11/h4-7,9H,8,13H2,1-3H3. The van der Waals surface area contributed by atoms with Gasteiger partial charge in [-0.1, -0.05) is 12.1 Å². The van der Waals surface area contributed by atoms with Crippen LogP contribution in [-0.4, -0.2) is 31.0 Å². The molecule has 0 saturated carbocycles. The summed E-state index contributed by atoms with van der Waals surface area (Å²) in [5.41, 5.74) is 6.53. The number of hydrogen-bond donors (Lipinski definition) is 1. The van der Waals surface area contributed by atoms with Crippen molar-refractivity contribution in [3.05, 3.63) is 29.8 Å². The summed E-state index contributed by atoms with van der Waals surface area (Å²) >= 11 is 0. The second-order valence-corrected chi connectivity index (χ2v) is 3.84. The molecule has 2 N–H and O–H groups in total. The van der Waals surface area contributed by atoms with Gasteiger partial charge in [0.2, 0.25) is 0 Å². The van der Waals surface area contributed by atoms with E-state index in [2.05, 4.69) is 0 Å². The van der Waals surface area contributed by atoms with Crippen LogP contribution in [-0.2, 0) is 11.3 Å². The van der Waals surface area contributed by atoms with Crippen molar-refractivity contribution in [2.75, 3.05) is 14.1 Å². The van der Waals surface area contributed by atoms with Crippen LogP contribution in [0.2, 0.25) is 0 Å². The third-order valence-corrected chi connectivity index (χ3v) is 2.26. The number of nitrogens with zero attached hydrogens (tertiary/aromatic N) is 1. The van der Waals surface area contributed by atoms with Crippen LogP contribution in [0.5, 0.6) is 5.75 Å². The van der Waals surface area contributed by atoms with E-state index in [0.29, 0.717) is 12.3 Å². The lowest BCUT2D eigenvalue weighted by Crippen LogP contribution is -2.35. The van der Waals surface area contributed by atoms with Crippen molar-refractivity contribution in [1.29, 1.82) is 0 Å². The van der Waals surface area contributed by atoms with Gasteiger partial charge in [-0.15, -0.1) is 0 Å². The quantitative estimate of drug-likeness (QED) is 0.827. The molecule has 1 unspecified atom stereocenters. The van der Waals surface area contributed by atoms with E-state index in [9.17, 15) is 4.79 Å². The summed E-state index contributed by atoms with van der Waals surface area (Å²) in [7, 11) is 3.42. The van der Waals surface area contributed by atoms with E-state index in [4.69, 9.17) is 10.5 Å². The molecule has 0 spiro atoms. The summed E-state index contributed by atoms with van der Waals surface area (Å²) in [5, 5.41) is 0. The van der Waals surface area contributed by atoms with E-state index in [1.54, 1.807) is 21.0 Å². The molecular weight excluding hydrogens is 204 g/mol. The van der Waals surface area contributed by atoms with Gasteiger partial charge in [0.1, 0.15) is 5.75 Å². The molecule has 0 fully saturated rings. The number of carbonyl (C=O) groups excluding carboxylic acids is 1. The zero-order valence-electron chi connectivity index (χ0n) is 9.93. The number of amides is 1. The minimum Gasteiger partial charge on any atom is -0.481 e. The van der Waals surface area contributed by atoms with Crippen molar-refractivity contribution in [2.24, 2.45) is 5.73 Å². The first-order chi connectivity index (χ1) is 7.54. The molecule has 0 aromatic heterocycles. The number of likely N-dealkylation sites (N-methyl/N-ethyl adjacent to an activating group) is 1. The average Bonchev–Trinajstić information content (AvgIpc) is 2.28. The van der Waals surface area contributed by atoms with E-state index in [1.165, 1.54) is 4.90 Å². The van der Waals surface area contributed by atoms with Gasteiger partial charge in [0, 0.05) is 20.6 Å². The van der Waals surface area contributed by atoms with Gasteiger partial charge < -0.3 is 15.4 Å². The third kappa shape index (κ3) is 3.24. The van der Waals surface area contributed by atoms with Gasteiger partial charge >= 0.3 is 0 Å². The first-order valence-corrected chi connectivity index (χ1v) is 5.21. The van der Waals surface area contributed by atoms with E-state index < -0.39 is 6.10 Å². The Bertz CT molecular complexity index is 347. The monoisotopic (exact) mass is 222 g/mol. The highest BCUT2D eigenvalue weighted by molar-refractivity contribution is 5.80. The number of ether oxygens (including phenoxy) is 1. The van der Waals surface area contributed by atoms with Gasteiger partial charge in [-0.05, 0) is 24.6 Å². The highest BCUT2D eigenvalue weighted by atomic mass is 16.5. The minimum atomic E-state index is -0.473. The molecule has 16 heavy (non-hydrogen) atoms. The number of hydrogen-bond acceptors (Lipinski definition) is 3. The summed E-state index contributed by atoms with van der Waals surface area (Å²) in [5.74, 6) is 0.628. The van der Waals surface area contributed by atoms with Gasteiger partial charge in [-0.3, -0.25) is 4.79 Å².